The average molecular weight is 413 g/mol. The van der Waals surface area contributed by atoms with E-state index in [2.05, 4.69) is 22.3 Å². The number of methoxy groups -OCH3 is 1. The lowest BCUT2D eigenvalue weighted by Crippen LogP contribution is -2.53. The third-order valence-corrected chi connectivity index (χ3v) is 6.45. The van der Waals surface area contributed by atoms with Crippen molar-refractivity contribution in [1.82, 2.24) is 5.32 Å². The highest BCUT2D eigenvalue weighted by Gasteiger charge is 2.42. The molecule has 2 fully saturated rings. The quantitative estimate of drug-likeness (QED) is 0.814. The summed E-state index contributed by atoms with van der Waals surface area (Å²) in [6, 6.07) is 14.6. The van der Waals surface area contributed by atoms with Crippen molar-refractivity contribution in [3.63, 3.8) is 0 Å². The molecule has 1 N–H and O–H groups in total. The maximum atomic E-state index is 13.4. The molecule has 0 atom stereocenters. The first-order chi connectivity index (χ1) is 14.6. The van der Waals surface area contributed by atoms with E-state index in [4.69, 9.17) is 9.47 Å². The van der Waals surface area contributed by atoms with Crippen LogP contribution in [0.2, 0.25) is 0 Å². The molecule has 30 heavy (non-hydrogen) atoms. The van der Waals surface area contributed by atoms with Crippen LogP contribution in [0.4, 0.5) is 10.1 Å². The minimum Gasteiger partial charge on any atom is -0.497 e. The summed E-state index contributed by atoms with van der Waals surface area (Å²) in [4.78, 5) is 15.7. The van der Waals surface area contributed by atoms with Crippen LogP contribution in [-0.4, -0.2) is 45.4 Å². The van der Waals surface area contributed by atoms with E-state index in [9.17, 15) is 9.18 Å². The Kier molecular flexibility index (Phi) is 6.23. The van der Waals surface area contributed by atoms with Gasteiger partial charge in [0, 0.05) is 38.0 Å². The number of rotatable bonds is 5. The summed E-state index contributed by atoms with van der Waals surface area (Å²) >= 11 is 0. The number of nitrogens with one attached hydrogen (secondary N) is 1. The third-order valence-electron chi connectivity index (χ3n) is 6.45. The molecule has 1 amide bonds. The molecule has 160 valence electrons. The maximum Gasteiger partial charge on any atom is 0.231 e. The monoisotopic (exact) mass is 412 g/mol. The summed E-state index contributed by atoms with van der Waals surface area (Å²) in [6.07, 6.45) is 3.03. The molecule has 0 spiro atoms. The number of halogens is 1. The molecule has 6 heteroatoms. The zero-order valence-electron chi connectivity index (χ0n) is 17.4. The van der Waals surface area contributed by atoms with Gasteiger partial charge in [0.2, 0.25) is 5.91 Å². The zero-order valence-corrected chi connectivity index (χ0v) is 17.4. The highest BCUT2D eigenvalue weighted by molar-refractivity contribution is 5.88. The Labute approximate surface area is 177 Å². The minimum atomic E-state index is -0.640. The van der Waals surface area contributed by atoms with Crippen molar-refractivity contribution >= 4 is 11.6 Å². The topological polar surface area (TPSA) is 50.8 Å². The van der Waals surface area contributed by atoms with Crippen LogP contribution in [0.1, 0.15) is 31.2 Å². The van der Waals surface area contributed by atoms with E-state index in [0.717, 1.165) is 37.2 Å². The van der Waals surface area contributed by atoms with E-state index in [1.54, 1.807) is 19.2 Å². The van der Waals surface area contributed by atoms with Gasteiger partial charge in [-0.15, -0.1) is 0 Å². The van der Waals surface area contributed by atoms with Crippen LogP contribution in [-0.2, 0) is 14.9 Å². The first-order valence-corrected chi connectivity index (χ1v) is 10.6. The van der Waals surface area contributed by atoms with Crippen molar-refractivity contribution in [2.24, 2.45) is 0 Å². The fourth-order valence-electron chi connectivity index (χ4n) is 4.53. The number of carbonyl (C=O) groups is 1. The predicted molar refractivity (Wildman–Crippen MR) is 115 cm³/mol. The Hall–Kier alpha value is -2.60. The van der Waals surface area contributed by atoms with E-state index < -0.39 is 5.41 Å². The molecule has 0 bridgehead atoms. The van der Waals surface area contributed by atoms with E-state index in [1.165, 1.54) is 17.8 Å². The molecule has 2 heterocycles. The first-order valence-electron chi connectivity index (χ1n) is 10.6. The smallest absolute Gasteiger partial charge is 0.231 e. The molecule has 0 saturated carbocycles. The number of anilines is 1. The van der Waals surface area contributed by atoms with Crippen molar-refractivity contribution in [2.75, 3.05) is 38.3 Å². The summed E-state index contributed by atoms with van der Waals surface area (Å²) in [5, 5.41) is 3.30. The molecular formula is C24H29FN2O3. The summed E-state index contributed by atoms with van der Waals surface area (Å²) in [5.41, 5.74) is 1.41. The first kappa shape index (κ1) is 20.7. The number of carbonyl (C=O) groups excluding carboxylic acids is 1. The van der Waals surface area contributed by atoms with Gasteiger partial charge < -0.3 is 19.7 Å². The lowest BCUT2D eigenvalue weighted by molar-refractivity contribution is -0.131. The predicted octanol–water partition coefficient (Wildman–Crippen LogP) is 3.67. The van der Waals surface area contributed by atoms with Crippen molar-refractivity contribution < 1.29 is 18.7 Å². The van der Waals surface area contributed by atoms with Crippen LogP contribution in [0.15, 0.2) is 48.5 Å². The normalized spacial score (nSPS) is 19.3. The molecule has 2 aliphatic heterocycles. The number of hydrogen-bond donors (Lipinski definition) is 1. The van der Waals surface area contributed by atoms with Crippen LogP contribution >= 0.6 is 0 Å². The van der Waals surface area contributed by atoms with Gasteiger partial charge >= 0.3 is 0 Å². The number of amides is 1. The molecule has 4 rings (SSSR count). The molecule has 0 aromatic heterocycles. The fraction of sp³-hybridized carbons (Fsp3) is 0.458. The van der Waals surface area contributed by atoms with Crippen LogP contribution in [0.25, 0.3) is 0 Å². The average Bonchev–Trinajstić information content (AvgIpc) is 2.80. The van der Waals surface area contributed by atoms with Crippen LogP contribution in [0, 0.1) is 5.82 Å². The van der Waals surface area contributed by atoms with Crippen molar-refractivity contribution in [3.8, 4) is 5.75 Å². The van der Waals surface area contributed by atoms with Crippen molar-refractivity contribution in [2.45, 2.75) is 37.1 Å². The van der Waals surface area contributed by atoms with E-state index >= 15 is 0 Å². The lowest BCUT2D eigenvalue weighted by Gasteiger charge is -2.39. The Balaban J connectivity index is 1.40. The number of ether oxygens (including phenoxy) is 2. The van der Waals surface area contributed by atoms with Gasteiger partial charge in [-0.3, -0.25) is 4.79 Å². The highest BCUT2D eigenvalue weighted by Crippen LogP contribution is 2.36. The SMILES string of the molecule is COc1ccc(N2CCC(NC(=O)C3(c4ccc(F)cc4)CCOCC3)CC2)cc1. The van der Waals surface area contributed by atoms with E-state index in [-0.39, 0.29) is 17.8 Å². The molecule has 2 aliphatic rings. The Morgan fingerprint density at radius 3 is 2.30 bits per heavy atom. The summed E-state index contributed by atoms with van der Waals surface area (Å²) in [7, 11) is 1.67. The molecule has 0 aliphatic carbocycles. The second-order valence-corrected chi connectivity index (χ2v) is 8.13. The van der Waals surface area contributed by atoms with Gasteiger partial charge in [-0.2, -0.15) is 0 Å². The Morgan fingerprint density at radius 1 is 1.07 bits per heavy atom. The van der Waals surface area contributed by atoms with Gasteiger partial charge in [0.15, 0.2) is 0 Å². The van der Waals surface area contributed by atoms with E-state index in [0.29, 0.717) is 26.1 Å². The maximum absolute atomic E-state index is 13.4. The summed E-state index contributed by atoms with van der Waals surface area (Å²) < 4.78 is 24.2. The van der Waals surface area contributed by atoms with Crippen molar-refractivity contribution in [3.05, 3.63) is 59.9 Å². The standard InChI is InChI=1S/C24H29FN2O3/c1-29-22-8-6-21(7-9-22)27-14-10-20(11-15-27)26-23(28)24(12-16-30-17-13-24)18-2-4-19(25)5-3-18/h2-9,20H,10-17H2,1H3,(H,26,28). The zero-order chi connectivity index (χ0) is 21.0. The molecule has 2 aromatic carbocycles. The van der Waals surface area contributed by atoms with Gasteiger partial charge in [0.05, 0.1) is 12.5 Å². The molecule has 2 saturated heterocycles. The molecular weight excluding hydrogens is 383 g/mol. The molecule has 0 unspecified atom stereocenters. The van der Waals surface area contributed by atoms with Gasteiger partial charge in [-0.05, 0) is 67.6 Å². The van der Waals surface area contributed by atoms with Gasteiger partial charge in [0.1, 0.15) is 11.6 Å². The second-order valence-electron chi connectivity index (χ2n) is 8.13. The van der Waals surface area contributed by atoms with Crippen molar-refractivity contribution in [1.29, 1.82) is 0 Å². The Morgan fingerprint density at radius 2 is 1.70 bits per heavy atom. The van der Waals surface area contributed by atoms with E-state index in [1.807, 2.05) is 12.1 Å². The number of benzene rings is 2. The molecule has 2 aromatic rings. The van der Waals surface area contributed by atoms with Gasteiger partial charge in [0.25, 0.3) is 0 Å². The second kappa shape index (κ2) is 9.04. The number of nitrogens with zero attached hydrogens (tertiary/aromatic N) is 1. The molecule has 0 radical (unpaired) electrons. The van der Waals surface area contributed by atoms with Gasteiger partial charge in [-0.25, -0.2) is 4.39 Å². The van der Waals surface area contributed by atoms with Crippen LogP contribution < -0.4 is 15.0 Å². The van der Waals surface area contributed by atoms with Crippen LogP contribution in [0.3, 0.4) is 0 Å². The molecule has 5 nitrogen and oxygen atoms in total. The largest absolute Gasteiger partial charge is 0.497 e. The number of piperidine rings is 1. The van der Waals surface area contributed by atoms with Crippen LogP contribution in [0.5, 0.6) is 5.75 Å². The highest BCUT2D eigenvalue weighted by atomic mass is 19.1. The number of hydrogen-bond acceptors (Lipinski definition) is 4. The third kappa shape index (κ3) is 4.29. The lowest BCUT2D eigenvalue weighted by atomic mass is 9.73. The fourth-order valence-corrected chi connectivity index (χ4v) is 4.53. The summed E-state index contributed by atoms with van der Waals surface area (Å²) in [6.45, 7) is 2.87. The Bertz CT molecular complexity index is 840. The van der Waals surface area contributed by atoms with Gasteiger partial charge in [-0.1, -0.05) is 12.1 Å². The summed E-state index contributed by atoms with van der Waals surface area (Å²) in [5.74, 6) is 0.607. The minimum absolute atomic E-state index is 0.0419.